The maximum Gasteiger partial charge on any atom is 0.326 e. The van der Waals surface area contributed by atoms with Crippen LogP contribution in [0.25, 0.3) is 0 Å². The van der Waals surface area contributed by atoms with Gasteiger partial charge in [-0.2, -0.15) is 0 Å². The maximum absolute atomic E-state index is 12.6. The largest absolute Gasteiger partial charge is 0.481 e. The number of aliphatic carboxylic acids is 2. The van der Waals surface area contributed by atoms with Gasteiger partial charge in [-0.15, -0.1) is 0 Å². The van der Waals surface area contributed by atoms with Gasteiger partial charge in [-0.3, -0.25) is 19.2 Å². The summed E-state index contributed by atoms with van der Waals surface area (Å²) in [5.74, 6) is -4.15. The normalized spacial score (nSPS) is 19.1. The maximum atomic E-state index is 12.6. The second-order valence-corrected chi connectivity index (χ2v) is 7.21. The molecule has 1 rings (SSSR count). The third-order valence-corrected chi connectivity index (χ3v) is 5.08. The number of hydrogen-bond acceptors (Lipinski definition) is 6. The van der Waals surface area contributed by atoms with Crippen LogP contribution in [0.5, 0.6) is 0 Å². The molecule has 1 aliphatic heterocycles. The Morgan fingerprint density at radius 2 is 1.86 bits per heavy atom. The number of nitrogens with zero attached hydrogens (tertiary/aromatic N) is 1. The molecule has 4 unspecified atom stereocenters. The summed E-state index contributed by atoms with van der Waals surface area (Å²) in [5.41, 5.74) is 5.98. The van der Waals surface area contributed by atoms with Gasteiger partial charge in [0.25, 0.3) is 0 Å². The molecule has 164 valence electrons. The molecule has 3 amide bonds. The Bertz CT molecular complexity index is 640. The van der Waals surface area contributed by atoms with E-state index in [1.165, 1.54) is 4.90 Å². The molecule has 0 aromatic heterocycles. The quantitative estimate of drug-likeness (QED) is 0.283. The fourth-order valence-corrected chi connectivity index (χ4v) is 3.05. The fourth-order valence-electron chi connectivity index (χ4n) is 3.05. The fraction of sp³-hybridized carbons (Fsp3) is 0.722. The molecule has 0 saturated carbocycles. The van der Waals surface area contributed by atoms with E-state index in [9.17, 15) is 24.0 Å². The van der Waals surface area contributed by atoms with Crippen molar-refractivity contribution in [2.75, 3.05) is 13.1 Å². The van der Waals surface area contributed by atoms with E-state index in [1.807, 2.05) is 13.8 Å². The van der Waals surface area contributed by atoms with Crippen LogP contribution in [0.3, 0.4) is 0 Å². The van der Waals surface area contributed by atoms with Gasteiger partial charge in [0.2, 0.25) is 17.7 Å². The Morgan fingerprint density at radius 1 is 1.21 bits per heavy atom. The molecule has 4 atom stereocenters. The molecule has 11 nitrogen and oxygen atoms in total. The molecule has 0 aliphatic carbocycles. The number of amides is 3. The van der Waals surface area contributed by atoms with Crippen LogP contribution in [0.1, 0.15) is 46.0 Å². The summed E-state index contributed by atoms with van der Waals surface area (Å²) < 4.78 is 0. The third kappa shape index (κ3) is 7.33. The van der Waals surface area contributed by atoms with Crippen molar-refractivity contribution < 1.29 is 34.2 Å². The molecule has 0 aromatic rings. The molecule has 11 heteroatoms. The molecule has 1 saturated heterocycles. The Morgan fingerprint density at radius 3 is 2.41 bits per heavy atom. The number of carbonyl (C=O) groups is 5. The number of carboxylic acid groups (broad SMARTS) is 2. The Hall–Kier alpha value is -2.69. The van der Waals surface area contributed by atoms with Crippen LogP contribution in [0, 0.1) is 5.92 Å². The molecule has 1 heterocycles. The highest BCUT2D eigenvalue weighted by molar-refractivity contribution is 5.93. The minimum atomic E-state index is -1.37. The standard InChI is InChI=1S/C18H30N4O7/c1-3-10(2)15(19)17(27)22-8-4-5-12(22)16(26)20-9-13(23)21-11(18(28)29)6-7-14(24)25/h10-12,15H,3-9,19H2,1-2H3,(H,20,26)(H,21,23)(H,24,25)(H,28,29). The van der Waals surface area contributed by atoms with Gasteiger partial charge >= 0.3 is 11.9 Å². The van der Waals surface area contributed by atoms with Crippen molar-refractivity contribution >= 4 is 29.7 Å². The Balaban J connectivity index is 2.59. The zero-order valence-corrected chi connectivity index (χ0v) is 16.7. The highest BCUT2D eigenvalue weighted by atomic mass is 16.4. The van der Waals surface area contributed by atoms with Crippen molar-refractivity contribution in [1.29, 1.82) is 0 Å². The minimum Gasteiger partial charge on any atom is -0.481 e. The average Bonchev–Trinajstić information content (AvgIpc) is 3.16. The van der Waals surface area contributed by atoms with Crippen LogP contribution in [0.2, 0.25) is 0 Å². The number of likely N-dealkylation sites (tertiary alicyclic amines) is 1. The first-order chi connectivity index (χ1) is 13.6. The van der Waals surface area contributed by atoms with Gasteiger partial charge in [-0.25, -0.2) is 4.79 Å². The molecule has 1 aliphatic rings. The summed E-state index contributed by atoms with van der Waals surface area (Å²) in [6, 6.07) is -2.80. The molecular formula is C18H30N4O7. The number of carboxylic acids is 2. The average molecular weight is 414 g/mol. The number of hydrogen-bond donors (Lipinski definition) is 5. The van der Waals surface area contributed by atoms with Crippen molar-refractivity contribution in [3.05, 3.63) is 0 Å². The molecule has 0 spiro atoms. The zero-order valence-electron chi connectivity index (χ0n) is 16.7. The molecule has 29 heavy (non-hydrogen) atoms. The predicted molar refractivity (Wildman–Crippen MR) is 102 cm³/mol. The van der Waals surface area contributed by atoms with E-state index in [0.717, 1.165) is 6.42 Å². The second kappa shape index (κ2) is 11.3. The Kier molecular flexibility index (Phi) is 9.53. The number of nitrogens with one attached hydrogen (secondary N) is 2. The van der Waals surface area contributed by atoms with Crippen molar-refractivity contribution in [2.24, 2.45) is 11.7 Å². The van der Waals surface area contributed by atoms with Gasteiger partial charge in [0.15, 0.2) is 0 Å². The predicted octanol–water partition coefficient (Wildman–Crippen LogP) is -1.10. The lowest BCUT2D eigenvalue weighted by Crippen LogP contribution is -2.54. The van der Waals surface area contributed by atoms with E-state index < -0.39 is 54.8 Å². The van der Waals surface area contributed by atoms with Gasteiger partial charge in [-0.05, 0) is 25.2 Å². The monoisotopic (exact) mass is 414 g/mol. The summed E-state index contributed by atoms with van der Waals surface area (Å²) in [6.45, 7) is 3.71. The van der Waals surface area contributed by atoms with Crippen LogP contribution in [0.15, 0.2) is 0 Å². The molecular weight excluding hydrogens is 384 g/mol. The van der Waals surface area contributed by atoms with Gasteiger partial charge in [0.1, 0.15) is 12.1 Å². The zero-order chi connectivity index (χ0) is 22.1. The van der Waals surface area contributed by atoms with Crippen LogP contribution >= 0.6 is 0 Å². The first-order valence-electron chi connectivity index (χ1n) is 9.66. The van der Waals surface area contributed by atoms with Gasteiger partial charge in [-0.1, -0.05) is 20.3 Å². The lowest BCUT2D eigenvalue weighted by atomic mass is 9.98. The van der Waals surface area contributed by atoms with Crippen LogP contribution in [0.4, 0.5) is 0 Å². The van der Waals surface area contributed by atoms with Crippen molar-refractivity contribution in [3.63, 3.8) is 0 Å². The lowest BCUT2D eigenvalue weighted by molar-refractivity contribution is -0.143. The van der Waals surface area contributed by atoms with Crippen molar-refractivity contribution in [1.82, 2.24) is 15.5 Å². The number of rotatable bonds is 11. The van der Waals surface area contributed by atoms with E-state index >= 15 is 0 Å². The van der Waals surface area contributed by atoms with Crippen LogP contribution in [-0.2, 0) is 24.0 Å². The summed E-state index contributed by atoms with van der Waals surface area (Å²) in [4.78, 5) is 60.1. The summed E-state index contributed by atoms with van der Waals surface area (Å²) in [6.07, 6.45) is 1.12. The van der Waals surface area contributed by atoms with Crippen molar-refractivity contribution in [2.45, 2.75) is 64.1 Å². The van der Waals surface area contributed by atoms with E-state index in [4.69, 9.17) is 15.9 Å². The van der Waals surface area contributed by atoms with E-state index in [-0.39, 0.29) is 18.2 Å². The molecule has 1 fully saturated rings. The smallest absolute Gasteiger partial charge is 0.326 e. The summed E-state index contributed by atoms with van der Waals surface area (Å²) in [5, 5.41) is 22.3. The Labute approximate surface area is 169 Å². The lowest BCUT2D eigenvalue weighted by Gasteiger charge is -2.28. The number of carbonyl (C=O) groups excluding carboxylic acids is 3. The summed E-state index contributed by atoms with van der Waals surface area (Å²) in [7, 11) is 0. The van der Waals surface area contributed by atoms with Crippen molar-refractivity contribution in [3.8, 4) is 0 Å². The highest BCUT2D eigenvalue weighted by Gasteiger charge is 2.37. The molecule has 0 bridgehead atoms. The molecule has 6 N–H and O–H groups in total. The number of nitrogens with two attached hydrogens (primary N) is 1. The highest BCUT2D eigenvalue weighted by Crippen LogP contribution is 2.20. The molecule has 0 aromatic carbocycles. The van der Waals surface area contributed by atoms with Crippen LogP contribution in [-0.4, -0.2) is 76.0 Å². The summed E-state index contributed by atoms with van der Waals surface area (Å²) >= 11 is 0. The van der Waals surface area contributed by atoms with E-state index in [0.29, 0.717) is 19.4 Å². The third-order valence-electron chi connectivity index (χ3n) is 5.08. The SMILES string of the molecule is CCC(C)C(N)C(=O)N1CCCC1C(=O)NCC(=O)NC(CCC(=O)O)C(=O)O. The first-order valence-corrected chi connectivity index (χ1v) is 9.66. The van der Waals surface area contributed by atoms with Crippen LogP contribution < -0.4 is 16.4 Å². The molecule has 0 radical (unpaired) electrons. The first kappa shape index (κ1) is 24.3. The van der Waals surface area contributed by atoms with Gasteiger partial charge < -0.3 is 31.5 Å². The topological polar surface area (TPSA) is 179 Å². The van der Waals surface area contributed by atoms with E-state index in [1.54, 1.807) is 0 Å². The minimum absolute atomic E-state index is 0.0312. The van der Waals surface area contributed by atoms with Gasteiger partial charge in [0.05, 0.1) is 12.6 Å². The van der Waals surface area contributed by atoms with Gasteiger partial charge in [0, 0.05) is 13.0 Å². The van der Waals surface area contributed by atoms with E-state index in [2.05, 4.69) is 10.6 Å². The second-order valence-electron chi connectivity index (χ2n) is 7.21.